The molecule has 12 heteroatoms. The monoisotopic (exact) mass is 812 g/mol. The predicted molar refractivity (Wildman–Crippen MR) is 208 cm³/mol. The van der Waals surface area contributed by atoms with Crippen LogP contribution in [0.25, 0.3) is 11.4 Å². The summed E-state index contributed by atoms with van der Waals surface area (Å²) in [5, 5.41) is 8.71. The molecule has 0 amide bonds. The number of benzene rings is 5. The van der Waals surface area contributed by atoms with E-state index in [1.54, 1.807) is 12.4 Å². The van der Waals surface area contributed by atoms with E-state index in [0.717, 1.165) is 11.4 Å². The molecular formula is C40H34CuF6N2P3+2. The van der Waals surface area contributed by atoms with Crippen LogP contribution in [0.1, 0.15) is 0 Å². The van der Waals surface area contributed by atoms with E-state index in [0.29, 0.717) is 0 Å². The zero-order valence-electron chi connectivity index (χ0n) is 27.4. The summed E-state index contributed by atoms with van der Waals surface area (Å²) >= 11 is 0. The van der Waals surface area contributed by atoms with Gasteiger partial charge in [-0.3, -0.25) is 9.97 Å². The summed E-state index contributed by atoms with van der Waals surface area (Å²) in [4.78, 5) is 8.37. The van der Waals surface area contributed by atoms with Gasteiger partial charge in [-0.1, -0.05) is 97.1 Å². The molecule has 7 rings (SSSR count). The van der Waals surface area contributed by atoms with Crippen LogP contribution in [0.2, 0.25) is 0 Å². The molecule has 0 saturated heterocycles. The van der Waals surface area contributed by atoms with Crippen molar-refractivity contribution in [3.8, 4) is 11.4 Å². The molecule has 5 aromatic carbocycles. The number of hydrogen-bond donors (Lipinski definition) is 0. The summed E-state index contributed by atoms with van der Waals surface area (Å²) < 4.78 is 59.2. The minimum absolute atomic E-state index is 0. The second-order valence-electron chi connectivity index (χ2n) is 11.1. The van der Waals surface area contributed by atoms with Gasteiger partial charge in [0.15, 0.2) is 0 Å². The molecule has 0 atom stereocenters. The third-order valence-corrected chi connectivity index (χ3v) is 13.1. The van der Waals surface area contributed by atoms with E-state index in [1.807, 2.05) is 36.4 Å². The molecule has 0 bridgehead atoms. The fourth-order valence-electron chi connectivity index (χ4n) is 5.32. The molecule has 0 aliphatic rings. The first-order valence-electron chi connectivity index (χ1n) is 15.8. The Labute approximate surface area is 312 Å². The molecule has 0 unspecified atom stereocenters. The van der Waals surface area contributed by atoms with Crippen LogP contribution in [0.5, 0.6) is 0 Å². The van der Waals surface area contributed by atoms with Crippen molar-refractivity contribution < 1.29 is 42.3 Å². The Kier molecular flexibility index (Phi) is 13.7. The van der Waals surface area contributed by atoms with E-state index < -0.39 is 23.7 Å². The molecule has 2 heterocycles. The molecule has 0 radical (unpaired) electrons. The van der Waals surface area contributed by atoms with Gasteiger partial charge in [0.25, 0.3) is 0 Å². The molecule has 2 aromatic heterocycles. The van der Waals surface area contributed by atoms with Gasteiger partial charge < -0.3 is 0 Å². The van der Waals surface area contributed by atoms with Crippen molar-refractivity contribution in [2.75, 3.05) is 0 Å². The van der Waals surface area contributed by atoms with Crippen molar-refractivity contribution >= 4 is 55.5 Å². The molecule has 52 heavy (non-hydrogen) atoms. The standard InChI is InChI=1S/C30H24P2.C10H8N2.Cu.F6P/c1-5-15-25(16-6-1)31(26-17-7-2-8-18-26)29-23-13-14-24-30(29)32(27-19-9-3-10-20-27)28-21-11-4-12-22-28;1-3-7-11-9(5-1)10-6-2-4-8-12-10;;1-7(2,3,4,5)6/h1-24H;1-8H;;/q;;+1;-1/p+2. The smallest absolute Gasteiger partial charge is 0.255 e. The Hall–Kier alpha value is -4.21. The molecule has 270 valence electrons. The van der Waals surface area contributed by atoms with E-state index in [2.05, 4.69) is 156 Å². The van der Waals surface area contributed by atoms with Gasteiger partial charge in [0.1, 0.15) is 47.7 Å². The van der Waals surface area contributed by atoms with Gasteiger partial charge in [-0.15, -0.1) is 0 Å². The van der Waals surface area contributed by atoms with Gasteiger partial charge in [-0.2, -0.15) is 0 Å². The molecular weight excluding hydrogens is 779 g/mol. The van der Waals surface area contributed by atoms with E-state index in [-0.39, 0.29) is 17.1 Å². The van der Waals surface area contributed by atoms with Crippen LogP contribution in [-0.2, 0) is 17.1 Å². The van der Waals surface area contributed by atoms with E-state index >= 15 is 0 Å². The van der Waals surface area contributed by atoms with Gasteiger partial charge in [-0.05, 0) is 84.9 Å². The summed E-state index contributed by atoms with van der Waals surface area (Å²) in [6, 6.07) is 65.0. The Morgan fingerprint density at radius 1 is 0.327 bits per heavy atom. The summed E-state index contributed by atoms with van der Waals surface area (Å²) in [5.74, 6) is 0. The van der Waals surface area contributed by atoms with Crippen LogP contribution >= 0.6 is 23.7 Å². The SMILES string of the molecule is F[P-](F)(F)(F)(F)F.[Cu+].c1ccc(-c2ccccn2)nc1.c1ccc([PH+](c2ccccc2)c2ccccc2[PH+](c2ccccc2)c2ccccc2)cc1. The summed E-state index contributed by atoms with van der Waals surface area (Å²) in [7, 11) is -12.9. The number of halogens is 6. The zero-order valence-corrected chi connectivity index (χ0v) is 31.2. The summed E-state index contributed by atoms with van der Waals surface area (Å²) in [6.07, 6.45) is 3.54. The third kappa shape index (κ3) is 13.4. The second-order valence-corrected chi connectivity index (χ2v) is 18.0. The Morgan fingerprint density at radius 2 is 0.558 bits per heavy atom. The minimum atomic E-state index is -10.7. The van der Waals surface area contributed by atoms with Crippen LogP contribution in [-0.4, -0.2) is 9.97 Å². The Bertz CT molecular complexity index is 1860. The molecule has 0 fully saturated rings. The van der Waals surface area contributed by atoms with Crippen molar-refractivity contribution in [3.63, 3.8) is 0 Å². The van der Waals surface area contributed by atoms with Crippen molar-refractivity contribution in [2.24, 2.45) is 0 Å². The molecule has 0 N–H and O–H groups in total. The van der Waals surface area contributed by atoms with Gasteiger partial charge in [0.2, 0.25) is 0 Å². The summed E-state index contributed by atoms with van der Waals surface area (Å²) in [6.45, 7) is 0. The average Bonchev–Trinajstić information content (AvgIpc) is 3.14. The molecule has 0 spiro atoms. The van der Waals surface area contributed by atoms with Gasteiger partial charge in [0.05, 0.1) is 11.4 Å². The third-order valence-electron chi connectivity index (χ3n) is 7.31. The zero-order chi connectivity index (χ0) is 36.2. The van der Waals surface area contributed by atoms with Crippen molar-refractivity contribution in [1.82, 2.24) is 9.97 Å². The van der Waals surface area contributed by atoms with E-state index in [4.69, 9.17) is 0 Å². The maximum atomic E-state index is 9.87. The molecule has 0 aliphatic heterocycles. The minimum Gasteiger partial charge on any atom is -0.255 e. The average molecular weight is 813 g/mol. The molecule has 2 nitrogen and oxygen atoms in total. The quantitative estimate of drug-likeness (QED) is 0.0911. The first kappa shape index (κ1) is 40.6. The second kappa shape index (κ2) is 17.5. The van der Waals surface area contributed by atoms with Gasteiger partial charge >= 0.3 is 50.1 Å². The number of hydrogen-bond acceptors (Lipinski definition) is 2. The number of pyridine rings is 2. The fraction of sp³-hybridized carbons (Fsp3) is 0. The topological polar surface area (TPSA) is 25.8 Å². The maximum absolute atomic E-state index is 10.7. The Morgan fingerprint density at radius 3 is 0.788 bits per heavy atom. The van der Waals surface area contributed by atoms with Crippen molar-refractivity contribution in [1.29, 1.82) is 0 Å². The molecule has 0 aliphatic carbocycles. The van der Waals surface area contributed by atoms with E-state index in [1.165, 1.54) is 31.8 Å². The van der Waals surface area contributed by atoms with Gasteiger partial charge in [-0.25, -0.2) is 0 Å². The van der Waals surface area contributed by atoms with Crippen LogP contribution in [0.15, 0.2) is 194 Å². The van der Waals surface area contributed by atoms with Gasteiger partial charge in [0, 0.05) is 12.4 Å². The van der Waals surface area contributed by atoms with Crippen molar-refractivity contribution in [3.05, 3.63) is 194 Å². The predicted octanol–water partition coefficient (Wildman–Crippen LogP) is 10.2. The summed E-state index contributed by atoms with van der Waals surface area (Å²) in [5.41, 5.74) is 1.83. The van der Waals surface area contributed by atoms with Crippen LogP contribution in [0.4, 0.5) is 25.2 Å². The largest absolute Gasteiger partial charge is 1.00 e. The fourth-order valence-corrected chi connectivity index (χ4v) is 11.3. The van der Waals surface area contributed by atoms with Crippen LogP contribution in [0, 0.1) is 0 Å². The molecule has 0 saturated carbocycles. The van der Waals surface area contributed by atoms with E-state index in [9.17, 15) is 25.2 Å². The number of aromatic nitrogens is 2. The normalized spacial score (nSPS) is 12.2. The van der Waals surface area contributed by atoms with Crippen molar-refractivity contribution in [2.45, 2.75) is 0 Å². The van der Waals surface area contributed by atoms with Crippen LogP contribution in [0.3, 0.4) is 0 Å². The van der Waals surface area contributed by atoms with Crippen LogP contribution < -0.4 is 31.8 Å². The number of rotatable bonds is 7. The Balaban J connectivity index is 0.000000248. The first-order chi connectivity index (χ1) is 24.3. The molecule has 7 aromatic rings. The maximum Gasteiger partial charge on any atom is 1.00 e. The first-order valence-corrected chi connectivity index (χ1v) is 20.8. The number of nitrogens with zero attached hydrogens (tertiary/aromatic N) is 2.